The van der Waals surface area contributed by atoms with Gasteiger partial charge in [-0.15, -0.1) is 0 Å². The third-order valence-corrected chi connectivity index (χ3v) is 7.69. The molecule has 6 heteroatoms. The fourth-order valence-corrected chi connectivity index (χ4v) is 5.44. The number of ether oxygens (including phenoxy) is 3. The Morgan fingerprint density at radius 2 is 1.62 bits per heavy atom. The Morgan fingerprint density at radius 1 is 0.929 bits per heavy atom. The highest BCUT2D eigenvalue weighted by Crippen LogP contribution is 2.34. The summed E-state index contributed by atoms with van der Waals surface area (Å²) in [5, 5.41) is 0. The van der Waals surface area contributed by atoms with Crippen molar-refractivity contribution in [1.29, 1.82) is 0 Å². The van der Waals surface area contributed by atoms with Crippen molar-refractivity contribution in [3.8, 4) is 11.5 Å². The van der Waals surface area contributed by atoms with Crippen LogP contribution in [0.3, 0.4) is 0 Å². The molecule has 42 heavy (non-hydrogen) atoms. The summed E-state index contributed by atoms with van der Waals surface area (Å²) >= 11 is 0. The van der Waals surface area contributed by atoms with Crippen LogP contribution in [-0.2, 0) is 17.7 Å². The Balaban J connectivity index is 1.22. The summed E-state index contributed by atoms with van der Waals surface area (Å²) in [4.78, 5) is 16.4. The minimum atomic E-state index is -0.331. The molecule has 1 aliphatic heterocycles. The maximum Gasteiger partial charge on any atom is 0.337 e. The average molecular weight is 565 g/mol. The number of fused-ring (bicyclic) bond motifs is 1. The first-order valence-electron chi connectivity index (χ1n) is 14.6. The highest BCUT2D eigenvalue weighted by molar-refractivity contribution is 5.89. The van der Waals surface area contributed by atoms with Gasteiger partial charge in [0.05, 0.1) is 19.3 Å². The highest BCUT2D eigenvalue weighted by Gasteiger charge is 2.24. The molecular formula is C36H40N2O4. The van der Waals surface area contributed by atoms with Gasteiger partial charge in [0.2, 0.25) is 0 Å². The second-order valence-corrected chi connectivity index (χ2v) is 11.1. The molecule has 4 aromatic carbocycles. The van der Waals surface area contributed by atoms with E-state index in [1.54, 1.807) is 12.1 Å². The fraction of sp³-hybridized carbons (Fsp3) is 0.306. The molecule has 6 nitrogen and oxygen atoms in total. The molecule has 1 aliphatic rings. The van der Waals surface area contributed by atoms with Crippen LogP contribution < -0.4 is 14.4 Å². The third kappa shape index (κ3) is 7.71. The van der Waals surface area contributed by atoms with E-state index in [0.717, 1.165) is 55.3 Å². The van der Waals surface area contributed by atoms with E-state index in [2.05, 4.69) is 65.3 Å². The highest BCUT2D eigenvalue weighted by atomic mass is 16.5. The number of hydrogen-bond donors (Lipinski definition) is 0. The lowest BCUT2D eigenvalue weighted by Crippen LogP contribution is -2.40. The number of para-hydroxylation sites is 1. The molecule has 0 saturated carbocycles. The van der Waals surface area contributed by atoms with Crippen molar-refractivity contribution in [2.75, 3.05) is 38.8 Å². The second-order valence-electron chi connectivity index (χ2n) is 11.1. The number of anilines is 2. The summed E-state index contributed by atoms with van der Waals surface area (Å²) in [6.07, 6.45) is 2.06. The zero-order valence-corrected chi connectivity index (χ0v) is 24.7. The first kappa shape index (κ1) is 29.2. The van der Waals surface area contributed by atoms with Crippen LogP contribution in [-0.4, -0.2) is 50.8 Å². The van der Waals surface area contributed by atoms with Crippen molar-refractivity contribution in [2.24, 2.45) is 5.92 Å². The Labute approximate surface area is 249 Å². The molecule has 0 fully saturated rings. The summed E-state index contributed by atoms with van der Waals surface area (Å²) in [6, 6.07) is 34.5. The lowest BCUT2D eigenvalue weighted by Gasteiger charge is -2.33. The standard InChI is InChI=1S/C36H40N2O4/c1-27(26-41-33-12-8-5-9-13-33)23-38(24-28-10-6-4-7-11-28)25-34-20-16-30-22-32(19-21-35(30)42-34)37(2)31-17-14-29(15-18-31)36(39)40-3/h4-15,17-19,21-22,27,34H,16,20,23-26H2,1-3H3/t27-,34+/m0/s1. The van der Waals surface area contributed by atoms with E-state index in [1.165, 1.54) is 18.2 Å². The van der Waals surface area contributed by atoms with Crippen LogP contribution in [0, 0.1) is 5.92 Å². The van der Waals surface area contributed by atoms with Gasteiger partial charge in [-0.2, -0.15) is 0 Å². The zero-order valence-electron chi connectivity index (χ0n) is 24.7. The number of methoxy groups -OCH3 is 1. The van der Waals surface area contributed by atoms with E-state index in [4.69, 9.17) is 14.2 Å². The van der Waals surface area contributed by atoms with Crippen LogP contribution in [0.1, 0.15) is 34.8 Å². The quantitative estimate of drug-likeness (QED) is 0.170. The molecule has 0 radical (unpaired) electrons. The Hall–Kier alpha value is -4.29. The molecule has 0 aliphatic carbocycles. The maximum absolute atomic E-state index is 11.8. The van der Waals surface area contributed by atoms with Crippen molar-refractivity contribution in [2.45, 2.75) is 32.4 Å². The number of esters is 1. The number of nitrogens with zero attached hydrogens (tertiary/aromatic N) is 2. The minimum Gasteiger partial charge on any atom is -0.493 e. The lowest BCUT2D eigenvalue weighted by atomic mass is 10.00. The van der Waals surface area contributed by atoms with Gasteiger partial charge in [0.15, 0.2) is 0 Å². The molecule has 0 unspecified atom stereocenters. The van der Waals surface area contributed by atoms with Crippen LogP contribution >= 0.6 is 0 Å². The van der Waals surface area contributed by atoms with Gasteiger partial charge in [-0.25, -0.2) is 4.79 Å². The smallest absolute Gasteiger partial charge is 0.337 e. The largest absolute Gasteiger partial charge is 0.493 e. The summed E-state index contributed by atoms with van der Waals surface area (Å²) in [6.45, 7) is 5.58. The lowest BCUT2D eigenvalue weighted by molar-refractivity contribution is 0.0600. The molecule has 2 atom stereocenters. The topological polar surface area (TPSA) is 51.2 Å². The van der Waals surface area contributed by atoms with Crippen molar-refractivity contribution in [3.63, 3.8) is 0 Å². The number of carbonyl (C=O) groups excluding carboxylic acids is 1. The van der Waals surface area contributed by atoms with E-state index in [0.29, 0.717) is 18.1 Å². The van der Waals surface area contributed by atoms with Gasteiger partial charge in [-0.05, 0) is 78.6 Å². The van der Waals surface area contributed by atoms with Crippen molar-refractivity contribution in [3.05, 3.63) is 120 Å². The number of carbonyl (C=O) groups is 1. The molecular weight excluding hydrogens is 524 g/mol. The first-order chi connectivity index (χ1) is 20.5. The SMILES string of the molecule is COC(=O)c1ccc(N(C)c2ccc3c(c2)CC[C@H](CN(Cc2ccccc2)C[C@H](C)COc2ccccc2)O3)cc1. The number of hydrogen-bond acceptors (Lipinski definition) is 6. The van der Waals surface area contributed by atoms with Crippen molar-refractivity contribution < 1.29 is 19.0 Å². The van der Waals surface area contributed by atoms with Gasteiger partial charge >= 0.3 is 5.97 Å². The molecule has 0 aromatic heterocycles. The molecule has 0 saturated heterocycles. The molecule has 4 aromatic rings. The van der Waals surface area contributed by atoms with E-state index in [-0.39, 0.29) is 12.1 Å². The van der Waals surface area contributed by atoms with Crippen LogP contribution in [0.5, 0.6) is 11.5 Å². The van der Waals surface area contributed by atoms with Gasteiger partial charge in [-0.1, -0.05) is 55.5 Å². The van der Waals surface area contributed by atoms with Gasteiger partial charge in [0, 0.05) is 44.0 Å². The predicted octanol–water partition coefficient (Wildman–Crippen LogP) is 7.15. The minimum absolute atomic E-state index is 0.123. The average Bonchev–Trinajstić information content (AvgIpc) is 3.04. The monoisotopic (exact) mass is 564 g/mol. The summed E-state index contributed by atoms with van der Waals surface area (Å²) in [5.41, 5.74) is 5.15. The normalized spacial score (nSPS) is 14.9. The molecule has 1 heterocycles. The van der Waals surface area contributed by atoms with Crippen LogP contribution in [0.15, 0.2) is 103 Å². The summed E-state index contributed by atoms with van der Waals surface area (Å²) in [5.74, 6) is 1.91. The molecule has 218 valence electrons. The van der Waals surface area contributed by atoms with E-state index in [1.807, 2.05) is 49.5 Å². The molecule has 0 N–H and O–H groups in total. The van der Waals surface area contributed by atoms with Gasteiger partial charge < -0.3 is 19.1 Å². The number of benzene rings is 4. The fourth-order valence-electron chi connectivity index (χ4n) is 5.44. The van der Waals surface area contributed by atoms with E-state index < -0.39 is 0 Å². The Bertz CT molecular complexity index is 1430. The van der Waals surface area contributed by atoms with Gasteiger partial charge in [0.25, 0.3) is 0 Å². The van der Waals surface area contributed by atoms with Gasteiger partial charge in [0.1, 0.15) is 17.6 Å². The molecule has 0 bridgehead atoms. The first-order valence-corrected chi connectivity index (χ1v) is 14.6. The van der Waals surface area contributed by atoms with E-state index >= 15 is 0 Å². The summed E-state index contributed by atoms with van der Waals surface area (Å²) < 4.78 is 17.4. The molecule has 0 amide bonds. The van der Waals surface area contributed by atoms with E-state index in [9.17, 15) is 4.79 Å². The summed E-state index contributed by atoms with van der Waals surface area (Å²) in [7, 11) is 3.43. The van der Waals surface area contributed by atoms with Crippen molar-refractivity contribution >= 4 is 17.3 Å². The van der Waals surface area contributed by atoms with Crippen LogP contribution in [0.4, 0.5) is 11.4 Å². The third-order valence-electron chi connectivity index (χ3n) is 7.69. The van der Waals surface area contributed by atoms with Crippen molar-refractivity contribution in [1.82, 2.24) is 4.90 Å². The van der Waals surface area contributed by atoms with Crippen LogP contribution in [0.25, 0.3) is 0 Å². The van der Waals surface area contributed by atoms with Crippen LogP contribution in [0.2, 0.25) is 0 Å². The molecule has 5 rings (SSSR count). The predicted molar refractivity (Wildman–Crippen MR) is 168 cm³/mol. The Kier molecular flexibility index (Phi) is 9.78. The second kappa shape index (κ2) is 14.1. The number of aryl methyl sites for hydroxylation is 1. The maximum atomic E-state index is 11.8. The van der Waals surface area contributed by atoms with Gasteiger partial charge in [-0.3, -0.25) is 4.90 Å². The Morgan fingerprint density at radius 3 is 2.33 bits per heavy atom. The molecule has 0 spiro atoms. The zero-order chi connectivity index (χ0) is 29.3. The number of rotatable bonds is 12.